The molecule has 8 nitrogen and oxygen atoms in total. The molecule has 2 aromatic rings. The zero-order chi connectivity index (χ0) is 20.9. The maximum Gasteiger partial charge on any atom is 0.253 e. The highest BCUT2D eigenvalue weighted by molar-refractivity contribution is 5.81. The molecule has 0 aliphatic carbocycles. The molecule has 1 atom stereocenters. The largest absolute Gasteiger partial charge is 0.486 e. The summed E-state index contributed by atoms with van der Waals surface area (Å²) in [6.45, 7) is 8.99. The lowest BCUT2D eigenvalue weighted by molar-refractivity contribution is -0.151. The summed E-state index contributed by atoms with van der Waals surface area (Å²) in [5.74, 6) is 1.86. The average molecular weight is 415 g/mol. The Morgan fingerprint density at radius 1 is 1.20 bits per heavy atom. The molecule has 8 heteroatoms. The van der Waals surface area contributed by atoms with Crippen LogP contribution in [0.15, 0.2) is 35.1 Å². The summed E-state index contributed by atoms with van der Waals surface area (Å²) in [7, 11) is 0. The number of morpholine rings is 1. The van der Waals surface area contributed by atoms with Gasteiger partial charge < -0.3 is 23.6 Å². The van der Waals surface area contributed by atoms with Crippen molar-refractivity contribution in [1.82, 2.24) is 15.0 Å². The second-order valence-corrected chi connectivity index (χ2v) is 8.18. The van der Waals surface area contributed by atoms with Crippen molar-refractivity contribution in [3.8, 4) is 11.5 Å². The van der Waals surface area contributed by atoms with Crippen LogP contribution in [0.3, 0.4) is 0 Å². The lowest BCUT2D eigenvalue weighted by Gasteiger charge is -2.35. The standard InChI is InChI=1S/C22H29N3O5/c1-16(2)12-25(13-17-3-4-19-20(11-17)29-10-9-28-19)22(26)21-15-24(6-8-27-21)14-18-5-7-30-23-18/h3-5,7,11,16,21H,6,8-10,12-15H2,1-2H3. The minimum Gasteiger partial charge on any atom is -0.486 e. The van der Waals surface area contributed by atoms with Gasteiger partial charge in [-0.15, -0.1) is 0 Å². The van der Waals surface area contributed by atoms with Crippen LogP contribution in [-0.4, -0.2) is 66.4 Å². The Hall–Kier alpha value is -2.58. The number of fused-ring (bicyclic) bond motifs is 1. The van der Waals surface area contributed by atoms with Crippen LogP contribution >= 0.6 is 0 Å². The maximum absolute atomic E-state index is 13.4. The summed E-state index contributed by atoms with van der Waals surface area (Å²) in [5.41, 5.74) is 1.88. The van der Waals surface area contributed by atoms with Gasteiger partial charge in [-0.25, -0.2) is 0 Å². The zero-order valence-electron chi connectivity index (χ0n) is 17.6. The van der Waals surface area contributed by atoms with Crippen LogP contribution in [0.4, 0.5) is 0 Å². The zero-order valence-corrected chi connectivity index (χ0v) is 17.6. The van der Waals surface area contributed by atoms with Crippen molar-refractivity contribution < 1.29 is 23.5 Å². The first-order valence-corrected chi connectivity index (χ1v) is 10.5. The number of hydrogen-bond donors (Lipinski definition) is 0. The molecule has 1 fully saturated rings. The highest BCUT2D eigenvalue weighted by atomic mass is 16.6. The number of carbonyl (C=O) groups is 1. The fourth-order valence-electron chi connectivity index (χ4n) is 3.83. The van der Waals surface area contributed by atoms with Crippen LogP contribution < -0.4 is 9.47 Å². The first-order valence-electron chi connectivity index (χ1n) is 10.5. The third kappa shape index (κ3) is 5.12. The third-order valence-electron chi connectivity index (χ3n) is 5.18. The summed E-state index contributed by atoms with van der Waals surface area (Å²) in [6, 6.07) is 7.72. The molecule has 162 valence electrons. The third-order valence-corrected chi connectivity index (χ3v) is 5.18. The summed E-state index contributed by atoms with van der Waals surface area (Å²) < 4.78 is 22.1. The number of rotatable bonds is 7. The molecule has 2 aliphatic rings. The minimum atomic E-state index is -0.485. The molecular weight excluding hydrogens is 386 g/mol. The lowest BCUT2D eigenvalue weighted by Crippen LogP contribution is -2.51. The van der Waals surface area contributed by atoms with E-state index in [1.807, 2.05) is 29.2 Å². The Bertz CT molecular complexity index is 839. The van der Waals surface area contributed by atoms with Gasteiger partial charge in [0.1, 0.15) is 25.6 Å². The van der Waals surface area contributed by atoms with Crippen molar-refractivity contribution in [3.05, 3.63) is 41.8 Å². The number of amides is 1. The van der Waals surface area contributed by atoms with Gasteiger partial charge in [0.2, 0.25) is 0 Å². The molecule has 3 heterocycles. The maximum atomic E-state index is 13.4. The Morgan fingerprint density at radius 2 is 2.03 bits per heavy atom. The summed E-state index contributed by atoms with van der Waals surface area (Å²) >= 11 is 0. The molecular formula is C22H29N3O5. The van der Waals surface area contributed by atoms with Crippen LogP contribution in [0.5, 0.6) is 11.5 Å². The number of ether oxygens (including phenoxy) is 3. The van der Waals surface area contributed by atoms with Gasteiger partial charge in [-0.05, 0) is 23.6 Å². The molecule has 0 bridgehead atoms. The Kier molecular flexibility index (Phi) is 6.54. The second-order valence-electron chi connectivity index (χ2n) is 8.18. The molecule has 1 saturated heterocycles. The van der Waals surface area contributed by atoms with Crippen molar-refractivity contribution in [2.75, 3.05) is 39.5 Å². The van der Waals surface area contributed by atoms with Crippen molar-refractivity contribution >= 4 is 5.91 Å². The molecule has 2 aliphatic heterocycles. The molecule has 1 unspecified atom stereocenters. The van der Waals surface area contributed by atoms with Crippen molar-refractivity contribution in [1.29, 1.82) is 0 Å². The van der Waals surface area contributed by atoms with E-state index in [1.165, 1.54) is 0 Å². The van der Waals surface area contributed by atoms with E-state index in [-0.39, 0.29) is 5.91 Å². The van der Waals surface area contributed by atoms with Gasteiger partial charge in [0.15, 0.2) is 11.5 Å². The fraction of sp³-hybridized carbons (Fsp3) is 0.545. The first-order chi connectivity index (χ1) is 14.6. The summed E-state index contributed by atoms with van der Waals surface area (Å²) in [5, 5.41) is 3.97. The lowest BCUT2D eigenvalue weighted by atomic mass is 10.1. The van der Waals surface area contributed by atoms with E-state index >= 15 is 0 Å². The Morgan fingerprint density at radius 3 is 2.80 bits per heavy atom. The number of nitrogens with zero attached hydrogens (tertiary/aromatic N) is 3. The molecule has 0 radical (unpaired) electrons. The molecule has 1 amide bonds. The van der Waals surface area contributed by atoms with Crippen molar-refractivity contribution in [3.63, 3.8) is 0 Å². The van der Waals surface area contributed by atoms with Crippen LogP contribution in [0.25, 0.3) is 0 Å². The van der Waals surface area contributed by atoms with E-state index in [0.29, 0.717) is 51.9 Å². The molecule has 1 aromatic carbocycles. The van der Waals surface area contributed by atoms with Gasteiger partial charge in [0.25, 0.3) is 5.91 Å². The Labute approximate surface area is 176 Å². The van der Waals surface area contributed by atoms with Gasteiger partial charge in [-0.1, -0.05) is 25.1 Å². The molecule has 1 aromatic heterocycles. The van der Waals surface area contributed by atoms with Crippen LogP contribution in [-0.2, 0) is 22.6 Å². The highest BCUT2D eigenvalue weighted by Crippen LogP contribution is 2.31. The molecule has 0 saturated carbocycles. The van der Waals surface area contributed by atoms with Gasteiger partial charge in [0.05, 0.1) is 12.3 Å². The highest BCUT2D eigenvalue weighted by Gasteiger charge is 2.31. The first kappa shape index (κ1) is 20.7. The number of hydrogen-bond acceptors (Lipinski definition) is 7. The van der Waals surface area contributed by atoms with Crippen molar-refractivity contribution in [2.24, 2.45) is 5.92 Å². The van der Waals surface area contributed by atoms with E-state index in [4.69, 9.17) is 18.7 Å². The predicted octanol–water partition coefficient (Wildman–Crippen LogP) is 2.33. The van der Waals surface area contributed by atoms with Crippen molar-refractivity contribution in [2.45, 2.75) is 33.0 Å². The predicted molar refractivity (Wildman–Crippen MR) is 109 cm³/mol. The monoisotopic (exact) mass is 415 g/mol. The van der Waals surface area contributed by atoms with E-state index in [1.54, 1.807) is 6.26 Å². The van der Waals surface area contributed by atoms with Gasteiger partial charge >= 0.3 is 0 Å². The number of aromatic nitrogens is 1. The van der Waals surface area contributed by atoms with E-state index < -0.39 is 6.10 Å². The quantitative estimate of drug-likeness (QED) is 0.687. The molecule has 4 rings (SSSR count). The van der Waals surface area contributed by atoms with Gasteiger partial charge in [-0.2, -0.15) is 0 Å². The van der Waals surface area contributed by atoms with Crippen LogP contribution in [0.1, 0.15) is 25.1 Å². The second kappa shape index (κ2) is 9.49. The van der Waals surface area contributed by atoms with Gasteiger partial charge in [0, 0.05) is 38.8 Å². The Balaban J connectivity index is 1.43. The smallest absolute Gasteiger partial charge is 0.253 e. The van der Waals surface area contributed by atoms with Crippen LogP contribution in [0.2, 0.25) is 0 Å². The molecule has 0 spiro atoms. The average Bonchev–Trinajstić information content (AvgIpc) is 3.25. The SMILES string of the molecule is CC(C)CN(Cc1ccc2c(c1)OCCO2)C(=O)C1CN(Cc2ccon2)CCO1. The molecule has 30 heavy (non-hydrogen) atoms. The number of carbonyl (C=O) groups excluding carboxylic acids is 1. The fourth-order valence-corrected chi connectivity index (χ4v) is 3.83. The normalized spacial score (nSPS) is 19.1. The summed E-state index contributed by atoms with van der Waals surface area (Å²) in [6.07, 6.45) is 1.08. The van der Waals surface area contributed by atoms with E-state index in [9.17, 15) is 4.79 Å². The molecule has 0 N–H and O–H groups in total. The number of benzene rings is 1. The summed E-state index contributed by atoms with van der Waals surface area (Å²) in [4.78, 5) is 17.4. The van der Waals surface area contributed by atoms with E-state index in [2.05, 4.69) is 23.9 Å². The van der Waals surface area contributed by atoms with E-state index in [0.717, 1.165) is 29.3 Å². The topological polar surface area (TPSA) is 77.3 Å². The van der Waals surface area contributed by atoms with Gasteiger partial charge in [-0.3, -0.25) is 9.69 Å². The van der Waals surface area contributed by atoms with Crippen LogP contribution in [0, 0.1) is 5.92 Å². The minimum absolute atomic E-state index is 0.0171.